The third-order valence-corrected chi connectivity index (χ3v) is 4.90. The van der Waals surface area contributed by atoms with E-state index in [1.165, 1.54) is 25.7 Å². The van der Waals surface area contributed by atoms with Gasteiger partial charge in [-0.25, -0.2) is 0 Å². The van der Waals surface area contributed by atoms with E-state index in [2.05, 4.69) is 11.8 Å². The Morgan fingerprint density at radius 3 is 2.56 bits per heavy atom. The minimum atomic E-state index is -0.556. The van der Waals surface area contributed by atoms with Gasteiger partial charge in [0.05, 0.1) is 5.41 Å². The average Bonchev–Trinajstić information content (AvgIpc) is 2.55. The lowest BCUT2D eigenvalue weighted by Gasteiger charge is -2.37. The van der Waals surface area contributed by atoms with Gasteiger partial charge in [0.25, 0.3) is 0 Å². The van der Waals surface area contributed by atoms with Gasteiger partial charge in [-0.15, -0.1) is 0 Å². The molecule has 1 saturated heterocycles. The van der Waals surface area contributed by atoms with E-state index < -0.39 is 11.4 Å². The van der Waals surface area contributed by atoms with E-state index in [-0.39, 0.29) is 0 Å². The molecule has 0 spiro atoms. The number of carboxylic acids is 1. The fraction of sp³-hybridized carbons (Fsp3) is 0.933. The van der Waals surface area contributed by atoms with Gasteiger partial charge in [0.15, 0.2) is 0 Å². The molecule has 18 heavy (non-hydrogen) atoms. The van der Waals surface area contributed by atoms with Gasteiger partial charge in [0.2, 0.25) is 0 Å². The predicted octanol–water partition coefficient (Wildman–Crippen LogP) is 3.14. The molecule has 0 amide bonds. The van der Waals surface area contributed by atoms with Crippen molar-refractivity contribution in [2.45, 2.75) is 58.3 Å². The summed E-state index contributed by atoms with van der Waals surface area (Å²) in [4.78, 5) is 14.1. The van der Waals surface area contributed by atoms with Crippen molar-refractivity contribution in [3.63, 3.8) is 0 Å². The van der Waals surface area contributed by atoms with Crippen molar-refractivity contribution < 1.29 is 9.90 Å². The van der Waals surface area contributed by atoms with E-state index in [9.17, 15) is 9.90 Å². The number of carboxylic acid groups (broad SMARTS) is 1. The molecule has 0 aromatic carbocycles. The van der Waals surface area contributed by atoms with E-state index in [0.29, 0.717) is 0 Å². The zero-order chi connectivity index (χ0) is 13.0. The van der Waals surface area contributed by atoms with Crippen molar-refractivity contribution in [2.24, 2.45) is 11.3 Å². The Morgan fingerprint density at radius 2 is 1.89 bits per heavy atom. The number of hydrogen-bond acceptors (Lipinski definition) is 2. The SMILES string of the molecule is CC1CCCN(CC2(C(=O)O)CCCCC2)CC1. The molecule has 0 radical (unpaired) electrons. The zero-order valence-electron chi connectivity index (χ0n) is 11.7. The molecule has 2 aliphatic rings. The van der Waals surface area contributed by atoms with Crippen LogP contribution in [-0.2, 0) is 4.79 Å². The molecule has 0 aromatic heterocycles. The first-order chi connectivity index (χ1) is 8.62. The summed E-state index contributed by atoms with van der Waals surface area (Å²) in [5.74, 6) is 0.252. The summed E-state index contributed by atoms with van der Waals surface area (Å²) in [6.45, 7) is 5.29. The molecule has 0 bridgehead atoms. The number of carbonyl (C=O) groups is 1. The van der Waals surface area contributed by atoms with Crippen LogP contribution in [-0.4, -0.2) is 35.6 Å². The Kier molecular flexibility index (Phi) is 4.66. The third-order valence-electron chi connectivity index (χ3n) is 4.90. The highest BCUT2D eigenvalue weighted by Crippen LogP contribution is 2.37. The lowest BCUT2D eigenvalue weighted by molar-refractivity contribution is -0.152. The second-order valence-corrected chi connectivity index (χ2v) is 6.46. The maximum absolute atomic E-state index is 11.7. The fourth-order valence-electron chi connectivity index (χ4n) is 3.58. The standard InChI is InChI=1S/C15H27NO2/c1-13-6-5-10-16(11-7-13)12-15(14(17)18)8-3-2-4-9-15/h13H,2-12H2,1H3,(H,17,18). The highest BCUT2D eigenvalue weighted by molar-refractivity contribution is 5.75. The summed E-state index contributed by atoms with van der Waals surface area (Å²) >= 11 is 0. The smallest absolute Gasteiger partial charge is 0.310 e. The summed E-state index contributed by atoms with van der Waals surface area (Å²) in [6.07, 6.45) is 8.94. The first-order valence-electron chi connectivity index (χ1n) is 7.58. The molecular formula is C15H27NO2. The van der Waals surface area contributed by atoms with Gasteiger partial charge in [-0.05, 0) is 51.1 Å². The molecule has 2 rings (SSSR count). The molecule has 0 aromatic rings. The Hall–Kier alpha value is -0.570. The quantitative estimate of drug-likeness (QED) is 0.840. The van der Waals surface area contributed by atoms with E-state index in [4.69, 9.17) is 0 Å². The molecule has 1 aliphatic heterocycles. The number of hydrogen-bond donors (Lipinski definition) is 1. The summed E-state index contributed by atoms with van der Waals surface area (Å²) in [6, 6.07) is 0. The van der Waals surface area contributed by atoms with Gasteiger partial charge in [0.1, 0.15) is 0 Å². The molecule has 1 atom stereocenters. The summed E-state index contributed by atoms with van der Waals surface area (Å²) in [7, 11) is 0. The summed E-state index contributed by atoms with van der Waals surface area (Å²) in [5.41, 5.74) is -0.439. The Balaban J connectivity index is 1.97. The van der Waals surface area contributed by atoms with Gasteiger partial charge < -0.3 is 10.0 Å². The largest absolute Gasteiger partial charge is 0.481 e. The highest BCUT2D eigenvalue weighted by atomic mass is 16.4. The maximum atomic E-state index is 11.7. The van der Waals surface area contributed by atoms with Crippen LogP contribution in [0.4, 0.5) is 0 Å². The predicted molar refractivity (Wildman–Crippen MR) is 72.6 cm³/mol. The summed E-state index contributed by atoms with van der Waals surface area (Å²) < 4.78 is 0. The second-order valence-electron chi connectivity index (χ2n) is 6.46. The van der Waals surface area contributed by atoms with Crippen molar-refractivity contribution in [3.05, 3.63) is 0 Å². The molecule has 3 nitrogen and oxygen atoms in total. The van der Waals surface area contributed by atoms with Gasteiger partial charge in [-0.1, -0.05) is 26.2 Å². The minimum Gasteiger partial charge on any atom is -0.481 e. The number of aliphatic carboxylic acids is 1. The molecule has 1 unspecified atom stereocenters. The van der Waals surface area contributed by atoms with Gasteiger partial charge in [-0.3, -0.25) is 4.79 Å². The highest BCUT2D eigenvalue weighted by Gasteiger charge is 2.41. The van der Waals surface area contributed by atoms with Crippen LogP contribution < -0.4 is 0 Å². The lowest BCUT2D eigenvalue weighted by Crippen LogP contribution is -2.44. The van der Waals surface area contributed by atoms with Crippen molar-refractivity contribution in [1.82, 2.24) is 4.90 Å². The van der Waals surface area contributed by atoms with Crippen LogP contribution in [0.3, 0.4) is 0 Å². The van der Waals surface area contributed by atoms with Gasteiger partial charge in [-0.2, -0.15) is 0 Å². The Bertz CT molecular complexity index is 284. The van der Waals surface area contributed by atoms with Crippen LogP contribution in [0.1, 0.15) is 58.3 Å². The number of nitrogens with zero attached hydrogens (tertiary/aromatic N) is 1. The average molecular weight is 253 g/mol. The number of likely N-dealkylation sites (tertiary alicyclic amines) is 1. The first-order valence-corrected chi connectivity index (χ1v) is 7.58. The van der Waals surface area contributed by atoms with E-state index >= 15 is 0 Å². The molecular weight excluding hydrogens is 226 g/mol. The van der Waals surface area contributed by atoms with E-state index in [1.54, 1.807) is 0 Å². The van der Waals surface area contributed by atoms with Crippen LogP contribution in [0.5, 0.6) is 0 Å². The lowest BCUT2D eigenvalue weighted by atomic mass is 9.73. The molecule has 1 heterocycles. The van der Waals surface area contributed by atoms with Crippen LogP contribution >= 0.6 is 0 Å². The third kappa shape index (κ3) is 3.25. The fourth-order valence-corrected chi connectivity index (χ4v) is 3.58. The van der Waals surface area contributed by atoms with Gasteiger partial charge in [0, 0.05) is 6.54 Å². The second kappa shape index (κ2) is 6.05. The van der Waals surface area contributed by atoms with Crippen LogP contribution in [0, 0.1) is 11.3 Å². The van der Waals surface area contributed by atoms with Crippen molar-refractivity contribution in [2.75, 3.05) is 19.6 Å². The topological polar surface area (TPSA) is 40.5 Å². The number of rotatable bonds is 3. The molecule has 104 valence electrons. The monoisotopic (exact) mass is 253 g/mol. The van der Waals surface area contributed by atoms with Crippen molar-refractivity contribution in [1.29, 1.82) is 0 Å². The van der Waals surface area contributed by atoms with Crippen molar-refractivity contribution >= 4 is 5.97 Å². The van der Waals surface area contributed by atoms with E-state index in [0.717, 1.165) is 51.2 Å². The van der Waals surface area contributed by atoms with Crippen LogP contribution in [0.15, 0.2) is 0 Å². The Labute approximate surface area is 111 Å². The zero-order valence-corrected chi connectivity index (χ0v) is 11.7. The normalized spacial score (nSPS) is 29.7. The van der Waals surface area contributed by atoms with Crippen LogP contribution in [0.2, 0.25) is 0 Å². The molecule has 1 N–H and O–H groups in total. The minimum absolute atomic E-state index is 0.439. The molecule has 2 fully saturated rings. The maximum Gasteiger partial charge on any atom is 0.310 e. The molecule has 1 aliphatic carbocycles. The van der Waals surface area contributed by atoms with Crippen molar-refractivity contribution in [3.8, 4) is 0 Å². The summed E-state index contributed by atoms with van der Waals surface area (Å²) in [5, 5.41) is 9.62. The van der Waals surface area contributed by atoms with Crippen LogP contribution in [0.25, 0.3) is 0 Å². The van der Waals surface area contributed by atoms with Gasteiger partial charge >= 0.3 is 5.97 Å². The first kappa shape index (κ1) is 13.9. The molecule has 1 saturated carbocycles. The van der Waals surface area contributed by atoms with E-state index in [1.807, 2.05) is 0 Å². The Morgan fingerprint density at radius 1 is 1.17 bits per heavy atom. The molecule has 3 heteroatoms.